The van der Waals surface area contributed by atoms with E-state index in [1.807, 2.05) is 32.0 Å². The number of fused-ring (bicyclic) bond motifs is 7. The monoisotopic (exact) mass is 552 g/mol. The van der Waals surface area contributed by atoms with Crippen molar-refractivity contribution >= 4 is 58.9 Å². The molecule has 0 spiro atoms. The van der Waals surface area contributed by atoms with Crippen LogP contribution in [0.15, 0.2) is 66.9 Å². The number of pyridine rings is 1. The number of anilines is 1. The van der Waals surface area contributed by atoms with E-state index in [1.54, 1.807) is 12.3 Å². The van der Waals surface area contributed by atoms with Crippen LogP contribution in [-0.2, 0) is 19.1 Å². The summed E-state index contributed by atoms with van der Waals surface area (Å²) < 4.78 is 7.90. The van der Waals surface area contributed by atoms with Gasteiger partial charge in [0.05, 0.1) is 5.41 Å². The van der Waals surface area contributed by atoms with Crippen LogP contribution in [0.2, 0.25) is 0 Å². The van der Waals surface area contributed by atoms with Crippen molar-refractivity contribution in [2.24, 2.45) is 5.41 Å². The van der Waals surface area contributed by atoms with Gasteiger partial charge in [-0.25, -0.2) is 9.88 Å². The molecule has 1 unspecified atom stereocenters. The number of amides is 2. The van der Waals surface area contributed by atoms with Crippen LogP contribution in [0, 0.1) is 8.99 Å². The largest absolute Gasteiger partial charge is 0.394 e. The Balaban J connectivity index is 1.46. The van der Waals surface area contributed by atoms with E-state index >= 15 is 0 Å². The number of aromatic nitrogens is 1. The zero-order valence-corrected chi connectivity index (χ0v) is 21.1. The van der Waals surface area contributed by atoms with Crippen molar-refractivity contribution in [1.82, 2.24) is 4.98 Å². The van der Waals surface area contributed by atoms with Crippen molar-refractivity contribution in [3.8, 4) is 0 Å². The van der Waals surface area contributed by atoms with E-state index in [9.17, 15) is 9.59 Å². The molecule has 2 aromatic carbocycles. The molecule has 0 bridgehead atoms. The van der Waals surface area contributed by atoms with Gasteiger partial charge in [-0.05, 0) is 70.1 Å². The predicted octanol–water partition coefficient (Wildman–Crippen LogP) is 2.90. The lowest BCUT2D eigenvalue weighted by Gasteiger charge is -2.65. The van der Waals surface area contributed by atoms with Crippen LogP contribution in [0.4, 0.5) is 5.82 Å². The van der Waals surface area contributed by atoms with Gasteiger partial charge in [-0.3, -0.25) is 9.59 Å². The molecule has 3 aromatic rings. The maximum atomic E-state index is 13.7. The molecule has 3 aliphatic heterocycles. The van der Waals surface area contributed by atoms with Crippen LogP contribution < -0.4 is 15.3 Å². The van der Waals surface area contributed by atoms with Crippen LogP contribution in [0.5, 0.6) is 0 Å². The number of imide groups is 1. The zero-order chi connectivity index (χ0) is 22.5. The minimum absolute atomic E-state index is 0.214. The molecule has 6 rings (SSSR count). The van der Waals surface area contributed by atoms with Gasteiger partial charge in [0.1, 0.15) is 11.9 Å². The number of carbonyl (C=O) groups excluding carboxylic acids is 2. The third-order valence-electron chi connectivity index (χ3n) is 7.48. The molecule has 1 aromatic heterocycles. The molecule has 1 fully saturated rings. The van der Waals surface area contributed by atoms with E-state index in [0.29, 0.717) is 5.82 Å². The highest BCUT2D eigenvalue weighted by Gasteiger charge is 2.76. The summed E-state index contributed by atoms with van der Waals surface area (Å²) in [5.41, 5.74) is 1.56. The first-order chi connectivity index (χ1) is 15.2. The van der Waals surface area contributed by atoms with E-state index in [2.05, 4.69) is 70.9 Å². The smallest absolute Gasteiger partial charge is 0.272 e. The van der Waals surface area contributed by atoms with Crippen molar-refractivity contribution in [1.29, 1.82) is 0 Å². The highest BCUT2D eigenvalue weighted by molar-refractivity contribution is 14.1. The third kappa shape index (κ3) is 2.14. The SMILES string of the molecule is CC1(C)C(=O)N(c2ccc(I)cn2)C(=O)C1O[Si]12c3ccccc3C1(C)c1ccccc12. The van der Waals surface area contributed by atoms with Crippen molar-refractivity contribution in [3.63, 3.8) is 0 Å². The van der Waals surface area contributed by atoms with Crippen LogP contribution >= 0.6 is 22.6 Å². The van der Waals surface area contributed by atoms with Crippen LogP contribution in [0.1, 0.15) is 31.9 Å². The standard InChI is InChI=1S/C25H21IN2O3Si/c1-24(2)21(22(29)28(23(24)30)20-13-12-15(26)14-27-20)31-32-18-10-6-4-8-16(18)25(32,3)17-9-5-7-11-19(17)32/h4-14,21H,1-3H3. The van der Waals surface area contributed by atoms with E-state index in [4.69, 9.17) is 4.43 Å². The molecular weight excluding hydrogens is 531 g/mol. The second-order valence-corrected chi connectivity index (χ2v) is 14.4. The highest BCUT2D eigenvalue weighted by atomic mass is 127. The highest BCUT2D eigenvalue weighted by Crippen LogP contribution is 2.56. The Morgan fingerprint density at radius 1 is 0.938 bits per heavy atom. The molecule has 32 heavy (non-hydrogen) atoms. The first kappa shape index (κ1) is 20.3. The average molecular weight is 552 g/mol. The van der Waals surface area contributed by atoms with Gasteiger partial charge in [-0.15, -0.1) is 0 Å². The lowest BCUT2D eigenvalue weighted by molar-refractivity contribution is -0.128. The van der Waals surface area contributed by atoms with Gasteiger partial charge >= 0.3 is 0 Å². The number of rotatable bonds is 3. The molecule has 4 heterocycles. The maximum Gasteiger partial charge on any atom is 0.272 e. The molecule has 0 radical (unpaired) electrons. The molecule has 5 nitrogen and oxygen atoms in total. The summed E-state index contributed by atoms with van der Waals surface area (Å²) in [5, 5.41) is 2.21. The molecule has 3 aliphatic rings. The second-order valence-electron chi connectivity index (χ2n) is 9.43. The normalized spacial score (nSPS) is 29.0. The van der Waals surface area contributed by atoms with Gasteiger partial charge in [-0.1, -0.05) is 55.5 Å². The van der Waals surface area contributed by atoms with Gasteiger partial charge in [0.2, 0.25) is 5.91 Å². The fraction of sp³-hybridized carbons (Fsp3) is 0.240. The van der Waals surface area contributed by atoms with Crippen molar-refractivity contribution in [3.05, 3.63) is 81.6 Å². The third-order valence-corrected chi connectivity index (χ3v) is 13.0. The fourth-order valence-electron chi connectivity index (χ4n) is 5.80. The van der Waals surface area contributed by atoms with E-state index in [-0.39, 0.29) is 16.9 Å². The topological polar surface area (TPSA) is 59.5 Å². The summed E-state index contributed by atoms with van der Waals surface area (Å²) in [4.78, 5) is 32.6. The Hall–Kier alpha value is -2.36. The predicted molar refractivity (Wildman–Crippen MR) is 132 cm³/mol. The van der Waals surface area contributed by atoms with Crippen molar-refractivity contribution in [2.75, 3.05) is 4.90 Å². The van der Waals surface area contributed by atoms with Gasteiger partial charge in [-0.2, -0.15) is 0 Å². The van der Waals surface area contributed by atoms with Gasteiger partial charge in [0.15, 0.2) is 0 Å². The molecule has 0 saturated carbocycles. The van der Waals surface area contributed by atoms with Gasteiger partial charge in [0, 0.05) is 14.8 Å². The van der Waals surface area contributed by atoms with E-state index in [0.717, 1.165) is 3.57 Å². The molecule has 1 saturated heterocycles. The molecule has 2 amide bonds. The van der Waals surface area contributed by atoms with Crippen LogP contribution in [0.3, 0.4) is 0 Å². The Morgan fingerprint density at radius 2 is 1.53 bits per heavy atom. The molecular formula is C25H21IN2O3Si. The van der Waals surface area contributed by atoms with Crippen LogP contribution in [0.25, 0.3) is 0 Å². The Bertz CT molecular complexity index is 1270. The summed E-state index contributed by atoms with van der Waals surface area (Å²) in [5.74, 6) is -0.246. The minimum Gasteiger partial charge on any atom is -0.394 e. The Kier molecular flexibility index (Phi) is 4.03. The zero-order valence-electron chi connectivity index (χ0n) is 17.9. The first-order valence-electron chi connectivity index (χ1n) is 10.6. The summed E-state index contributed by atoms with van der Waals surface area (Å²) >= 11 is 2.15. The Morgan fingerprint density at radius 3 is 2.09 bits per heavy atom. The second kappa shape index (κ2) is 6.36. The van der Waals surface area contributed by atoms with E-state index < -0.39 is 19.8 Å². The summed E-state index contributed by atoms with van der Waals surface area (Å²) in [6.07, 6.45) is 0.802. The lowest BCUT2D eigenvalue weighted by atomic mass is 9.88. The number of hydrogen-bond donors (Lipinski definition) is 0. The van der Waals surface area contributed by atoms with Gasteiger partial charge < -0.3 is 4.43 Å². The minimum atomic E-state index is -2.67. The maximum absolute atomic E-state index is 13.7. The number of carbonyl (C=O) groups is 2. The van der Waals surface area contributed by atoms with Crippen molar-refractivity contribution < 1.29 is 14.0 Å². The number of benzene rings is 2. The summed E-state index contributed by atoms with van der Waals surface area (Å²) in [6.45, 7) is 5.85. The number of halogens is 1. The van der Waals surface area contributed by atoms with Gasteiger partial charge in [0.25, 0.3) is 14.2 Å². The summed E-state index contributed by atoms with van der Waals surface area (Å²) in [7, 11) is -2.67. The molecule has 7 heteroatoms. The number of nitrogens with zero attached hydrogens (tertiary/aromatic N) is 2. The summed E-state index contributed by atoms with van der Waals surface area (Å²) in [6, 6.07) is 20.3. The first-order valence-corrected chi connectivity index (χ1v) is 13.6. The quantitative estimate of drug-likeness (QED) is 0.285. The van der Waals surface area contributed by atoms with Crippen LogP contribution in [-0.4, -0.2) is 31.2 Å². The van der Waals surface area contributed by atoms with E-state index in [1.165, 1.54) is 26.4 Å². The fourth-order valence-corrected chi connectivity index (χ4v) is 11.6. The average Bonchev–Trinajstić information content (AvgIpc) is 2.96. The Labute approximate surface area is 201 Å². The lowest BCUT2D eigenvalue weighted by Crippen LogP contribution is -2.90. The number of hydrogen-bond acceptors (Lipinski definition) is 4. The molecule has 0 N–H and O–H groups in total. The molecule has 1 atom stereocenters. The molecule has 160 valence electrons. The molecule has 0 aliphatic carbocycles. The van der Waals surface area contributed by atoms with Crippen molar-refractivity contribution in [2.45, 2.75) is 31.9 Å².